The van der Waals surface area contributed by atoms with Crippen LogP contribution in [0.1, 0.15) is 22.9 Å². The van der Waals surface area contributed by atoms with E-state index in [0.29, 0.717) is 24.5 Å². The first-order valence-corrected chi connectivity index (χ1v) is 7.54. The first-order valence-electron chi connectivity index (χ1n) is 7.54. The average molecular weight is 316 g/mol. The van der Waals surface area contributed by atoms with Crippen LogP contribution in [0.3, 0.4) is 0 Å². The van der Waals surface area contributed by atoms with Gasteiger partial charge in [-0.1, -0.05) is 22.4 Å². The molecule has 7 heteroatoms. The largest absolute Gasteiger partial charge is 0.497 e. The number of hydrogen-bond acceptors (Lipinski definition) is 6. The molecule has 1 aromatic carbocycles. The third kappa shape index (κ3) is 3.19. The summed E-state index contributed by atoms with van der Waals surface area (Å²) in [7, 11) is 1.64. The van der Waals surface area contributed by atoms with Crippen molar-refractivity contribution >= 4 is 5.91 Å². The Balaban J connectivity index is 1.67. The highest BCUT2D eigenvalue weighted by atomic mass is 16.6. The van der Waals surface area contributed by atoms with E-state index in [-0.39, 0.29) is 24.3 Å². The minimum Gasteiger partial charge on any atom is -0.497 e. The van der Waals surface area contributed by atoms with Crippen LogP contribution in [-0.4, -0.2) is 47.4 Å². The number of carbonyl (C=O) groups is 1. The van der Waals surface area contributed by atoms with Crippen LogP contribution < -0.4 is 10.5 Å². The standard InChI is InChI=1S/C16H20N4O3/c1-10-15(19-23-18-10)7-16(21)20-8-13(14(17)9-20)11-3-5-12(22-2)6-4-11/h3-6,13-14H,7-9,17H2,1-2H3/t13-,14+/m1/s1. The number of hydrogen-bond donors (Lipinski definition) is 1. The summed E-state index contributed by atoms with van der Waals surface area (Å²) in [5.74, 6) is 0.930. The summed E-state index contributed by atoms with van der Waals surface area (Å²) in [5, 5.41) is 7.46. The number of amides is 1. The van der Waals surface area contributed by atoms with Crippen molar-refractivity contribution in [2.75, 3.05) is 20.2 Å². The molecule has 23 heavy (non-hydrogen) atoms. The van der Waals surface area contributed by atoms with Gasteiger partial charge in [-0.15, -0.1) is 0 Å². The van der Waals surface area contributed by atoms with Gasteiger partial charge in [-0.2, -0.15) is 0 Å². The maximum atomic E-state index is 12.4. The predicted molar refractivity (Wildman–Crippen MR) is 83.0 cm³/mol. The Hall–Kier alpha value is -2.41. The predicted octanol–water partition coefficient (Wildman–Crippen LogP) is 0.882. The fraction of sp³-hybridized carbons (Fsp3) is 0.438. The first-order chi connectivity index (χ1) is 11.1. The zero-order valence-electron chi connectivity index (χ0n) is 13.2. The molecule has 1 amide bonds. The summed E-state index contributed by atoms with van der Waals surface area (Å²) >= 11 is 0. The minimum atomic E-state index is -0.0797. The van der Waals surface area contributed by atoms with Crippen molar-refractivity contribution in [1.82, 2.24) is 15.2 Å². The van der Waals surface area contributed by atoms with Crippen LogP contribution in [0.5, 0.6) is 5.75 Å². The van der Waals surface area contributed by atoms with E-state index in [2.05, 4.69) is 14.9 Å². The minimum absolute atomic E-state index is 0.00439. The van der Waals surface area contributed by atoms with E-state index in [1.807, 2.05) is 24.3 Å². The van der Waals surface area contributed by atoms with E-state index in [0.717, 1.165) is 11.3 Å². The van der Waals surface area contributed by atoms with Gasteiger partial charge in [0.1, 0.15) is 17.1 Å². The van der Waals surface area contributed by atoms with E-state index in [9.17, 15) is 4.79 Å². The van der Waals surface area contributed by atoms with Crippen molar-refractivity contribution in [2.45, 2.75) is 25.3 Å². The number of aromatic nitrogens is 2. The molecular weight excluding hydrogens is 296 g/mol. The second-order valence-electron chi connectivity index (χ2n) is 5.82. The Morgan fingerprint density at radius 1 is 1.35 bits per heavy atom. The second-order valence-corrected chi connectivity index (χ2v) is 5.82. The third-order valence-electron chi connectivity index (χ3n) is 4.33. The lowest BCUT2D eigenvalue weighted by molar-refractivity contribution is -0.129. The Kier molecular flexibility index (Phi) is 4.29. The molecule has 3 rings (SSSR count). The summed E-state index contributed by atoms with van der Waals surface area (Å²) in [6, 6.07) is 7.75. The van der Waals surface area contributed by atoms with Crippen molar-refractivity contribution in [3.05, 3.63) is 41.2 Å². The van der Waals surface area contributed by atoms with Gasteiger partial charge >= 0.3 is 0 Å². The van der Waals surface area contributed by atoms with Gasteiger partial charge in [0.25, 0.3) is 0 Å². The highest BCUT2D eigenvalue weighted by Gasteiger charge is 2.34. The van der Waals surface area contributed by atoms with Crippen LogP contribution in [0.15, 0.2) is 28.9 Å². The van der Waals surface area contributed by atoms with Gasteiger partial charge in [0.05, 0.1) is 13.5 Å². The number of likely N-dealkylation sites (tertiary alicyclic amines) is 1. The van der Waals surface area contributed by atoms with Gasteiger partial charge in [0, 0.05) is 25.0 Å². The highest BCUT2D eigenvalue weighted by molar-refractivity contribution is 5.79. The first kappa shape index (κ1) is 15.5. The number of aryl methyl sites for hydroxylation is 1. The fourth-order valence-electron chi connectivity index (χ4n) is 2.90. The topological polar surface area (TPSA) is 94.5 Å². The summed E-state index contributed by atoms with van der Waals surface area (Å²) < 4.78 is 9.81. The fourth-order valence-corrected chi connectivity index (χ4v) is 2.90. The van der Waals surface area contributed by atoms with E-state index in [1.54, 1.807) is 18.9 Å². The molecule has 1 aliphatic rings. The zero-order valence-corrected chi connectivity index (χ0v) is 13.2. The molecule has 0 saturated carbocycles. The van der Waals surface area contributed by atoms with Crippen LogP contribution in [0.4, 0.5) is 0 Å². The highest BCUT2D eigenvalue weighted by Crippen LogP contribution is 2.28. The molecule has 1 aliphatic heterocycles. The molecular formula is C16H20N4O3. The monoisotopic (exact) mass is 316 g/mol. The molecule has 0 bridgehead atoms. The summed E-state index contributed by atoms with van der Waals surface area (Å²) in [6.45, 7) is 2.92. The van der Waals surface area contributed by atoms with Gasteiger partial charge in [0.15, 0.2) is 0 Å². The summed E-state index contributed by atoms with van der Waals surface area (Å²) in [6.07, 6.45) is 0.192. The number of carbonyl (C=O) groups excluding carboxylic acids is 1. The number of rotatable bonds is 4. The van der Waals surface area contributed by atoms with Crippen molar-refractivity contribution < 1.29 is 14.2 Å². The Labute approximate surface area is 134 Å². The molecule has 2 heterocycles. The molecule has 2 N–H and O–H groups in total. The third-order valence-corrected chi connectivity index (χ3v) is 4.33. The zero-order chi connectivity index (χ0) is 16.4. The van der Waals surface area contributed by atoms with E-state index in [4.69, 9.17) is 10.5 Å². The lowest BCUT2D eigenvalue weighted by Gasteiger charge is -2.16. The van der Waals surface area contributed by atoms with Gasteiger partial charge < -0.3 is 15.4 Å². The number of nitrogens with two attached hydrogens (primary N) is 1. The molecule has 122 valence electrons. The van der Waals surface area contributed by atoms with Gasteiger partial charge in [-0.05, 0) is 24.6 Å². The SMILES string of the molecule is COc1ccc([C@H]2CN(C(=O)Cc3nonc3C)C[C@@H]2N)cc1. The number of benzene rings is 1. The molecule has 1 saturated heterocycles. The van der Waals surface area contributed by atoms with Crippen LogP contribution in [-0.2, 0) is 11.2 Å². The van der Waals surface area contributed by atoms with E-state index < -0.39 is 0 Å². The smallest absolute Gasteiger partial charge is 0.228 e. The molecule has 0 aliphatic carbocycles. The van der Waals surface area contributed by atoms with Crippen LogP contribution >= 0.6 is 0 Å². The Morgan fingerprint density at radius 3 is 2.70 bits per heavy atom. The molecule has 2 atom stereocenters. The number of methoxy groups -OCH3 is 1. The van der Waals surface area contributed by atoms with Gasteiger partial charge in [-0.3, -0.25) is 4.79 Å². The van der Waals surface area contributed by atoms with Gasteiger partial charge in [0.2, 0.25) is 5.91 Å². The van der Waals surface area contributed by atoms with E-state index >= 15 is 0 Å². The summed E-state index contributed by atoms with van der Waals surface area (Å²) in [5.41, 5.74) is 8.59. The molecule has 0 unspecified atom stereocenters. The normalized spacial score (nSPS) is 20.7. The number of nitrogens with zero attached hydrogens (tertiary/aromatic N) is 3. The Morgan fingerprint density at radius 2 is 2.09 bits per heavy atom. The lowest BCUT2D eigenvalue weighted by Crippen LogP contribution is -2.33. The van der Waals surface area contributed by atoms with Crippen molar-refractivity contribution in [1.29, 1.82) is 0 Å². The molecule has 1 fully saturated rings. The summed E-state index contributed by atoms with van der Waals surface area (Å²) in [4.78, 5) is 14.2. The van der Waals surface area contributed by atoms with E-state index in [1.165, 1.54) is 0 Å². The van der Waals surface area contributed by atoms with Crippen molar-refractivity contribution in [3.63, 3.8) is 0 Å². The maximum Gasteiger partial charge on any atom is 0.228 e. The quantitative estimate of drug-likeness (QED) is 0.900. The van der Waals surface area contributed by atoms with Gasteiger partial charge in [-0.25, -0.2) is 4.63 Å². The van der Waals surface area contributed by atoms with Crippen molar-refractivity contribution in [3.8, 4) is 5.75 Å². The number of ether oxygens (including phenoxy) is 1. The molecule has 7 nitrogen and oxygen atoms in total. The molecule has 2 aromatic rings. The van der Waals surface area contributed by atoms with Crippen LogP contribution in [0.25, 0.3) is 0 Å². The molecule has 0 spiro atoms. The Bertz CT molecular complexity index is 683. The average Bonchev–Trinajstić information content (AvgIpc) is 3.14. The second kappa shape index (κ2) is 6.37. The lowest BCUT2D eigenvalue weighted by atomic mass is 9.95. The maximum absolute atomic E-state index is 12.4. The van der Waals surface area contributed by atoms with Crippen LogP contribution in [0, 0.1) is 6.92 Å². The van der Waals surface area contributed by atoms with Crippen molar-refractivity contribution in [2.24, 2.45) is 5.73 Å². The molecule has 0 radical (unpaired) electrons. The van der Waals surface area contributed by atoms with Crippen LogP contribution in [0.2, 0.25) is 0 Å². The molecule has 1 aromatic heterocycles.